The smallest absolute Gasteiger partial charge is 0.0621 e. The first-order valence-electron chi connectivity index (χ1n) is 5.44. The van der Waals surface area contributed by atoms with Crippen molar-refractivity contribution in [3.05, 3.63) is 22.4 Å². The van der Waals surface area contributed by atoms with E-state index in [0.29, 0.717) is 12.5 Å². The summed E-state index contributed by atoms with van der Waals surface area (Å²) >= 11 is 1.75. The Bertz CT molecular complexity index is 287. The van der Waals surface area contributed by atoms with E-state index < -0.39 is 0 Å². The van der Waals surface area contributed by atoms with Gasteiger partial charge in [0.2, 0.25) is 0 Å². The minimum atomic E-state index is 0.529. The average molecular weight is 222 g/mol. The van der Waals surface area contributed by atoms with Crippen molar-refractivity contribution >= 4 is 11.3 Å². The maximum Gasteiger partial charge on any atom is 0.0621 e. The molecule has 0 amide bonds. The SMILES string of the molecule is CC(Cc1ccsc1)NCCCCC#N. The molecule has 15 heavy (non-hydrogen) atoms. The minimum Gasteiger partial charge on any atom is -0.314 e. The zero-order chi connectivity index (χ0) is 10.9. The lowest BCUT2D eigenvalue weighted by molar-refractivity contribution is 0.527. The molecule has 0 aromatic carbocycles. The topological polar surface area (TPSA) is 35.8 Å². The molecule has 0 saturated heterocycles. The summed E-state index contributed by atoms with van der Waals surface area (Å²) in [7, 11) is 0. The third-order valence-electron chi connectivity index (χ3n) is 2.33. The van der Waals surface area contributed by atoms with E-state index in [0.717, 1.165) is 25.8 Å². The predicted octanol–water partition coefficient (Wildman–Crippen LogP) is 2.96. The van der Waals surface area contributed by atoms with Crippen molar-refractivity contribution in [2.75, 3.05) is 6.54 Å². The van der Waals surface area contributed by atoms with Gasteiger partial charge in [-0.2, -0.15) is 16.6 Å². The van der Waals surface area contributed by atoms with Crippen LogP contribution in [0.15, 0.2) is 16.8 Å². The molecule has 0 bridgehead atoms. The number of rotatable bonds is 7. The maximum atomic E-state index is 8.38. The minimum absolute atomic E-state index is 0.529. The first-order valence-corrected chi connectivity index (χ1v) is 6.38. The fraction of sp³-hybridized carbons (Fsp3) is 0.583. The second kappa shape index (κ2) is 7.44. The van der Waals surface area contributed by atoms with Gasteiger partial charge in [-0.1, -0.05) is 0 Å². The van der Waals surface area contributed by atoms with E-state index in [1.807, 2.05) is 0 Å². The molecule has 1 rings (SSSR count). The van der Waals surface area contributed by atoms with Crippen LogP contribution in [0.25, 0.3) is 0 Å². The van der Waals surface area contributed by atoms with Gasteiger partial charge in [-0.25, -0.2) is 0 Å². The summed E-state index contributed by atoms with van der Waals surface area (Å²) in [5.41, 5.74) is 1.41. The lowest BCUT2D eigenvalue weighted by Crippen LogP contribution is -2.28. The number of nitrogens with one attached hydrogen (secondary N) is 1. The number of unbranched alkanes of at least 4 members (excludes halogenated alkanes) is 2. The first-order chi connectivity index (χ1) is 7.33. The number of nitrogens with zero attached hydrogens (tertiary/aromatic N) is 1. The summed E-state index contributed by atoms with van der Waals surface area (Å²) in [6, 6.07) is 4.87. The Kier molecular flexibility index (Phi) is 6.06. The van der Waals surface area contributed by atoms with Crippen molar-refractivity contribution in [1.82, 2.24) is 5.32 Å². The van der Waals surface area contributed by atoms with Crippen LogP contribution in [0.3, 0.4) is 0 Å². The standard InChI is InChI=1S/C12H18N2S/c1-11(9-12-5-8-15-10-12)14-7-4-2-3-6-13/h5,8,10-11,14H,2-4,7,9H2,1H3. The summed E-state index contributed by atoms with van der Waals surface area (Å²) < 4.78 is 0. The van der Waals surface area contributed by atoms with Crippen LogP contribution in [0, 0.1) is 11.3 Å². The van der Waals surface area contributed by atoms with Gasteiger partial charge >= 0.3 is 0 Å². The Morgan fingerprint density at radius 2 is 2.40 bits per heavy atom. The van der Waals surface area contributed by atoms with Crippen LogP contribution in [0.1, 0.15) is 31.7 Å². The van der Waals surface area contributed by atoms with E-state index in [1.165, 1.54) is 5.56 Å². The zero-order valence-corrected chi connectivity index (χ0v) is 10.0. The van der Waals surface area contributed by atoms with E-state index in [1.54, 1.807) is 11.3 Å². The van der Waals surface area contributed by atoms with Crippen molar-refractivity contribution in [3.63, 3.8) is 0 Å². The van der Waals surface area contributed by atoms with Gasteiger partial charge in [-0.15, -0.1) is 0 Å². The van der Waals surface area contributed by atoms with E-state index in [9.17, 15) is 0 Å². The fourth-order valence-corrected chi connectivity index (χ4v) is 2.19. The third-order valence-corrected chi connectivity index (χ3v) is 3.06. The molecule has 1 unspecified atom stereocenters. The fourth-order valence-electron chi connectivity index (χ4n) is 1.51. The lowest BCUT2D eigenvalue weighted by atomic mass is 10.1. The molecule has 1 atom stereocenters. The van der Waals surface area contributed by atoms with Crippen molar-refractivity contribution in [3.8, 4) is 6.07 Å². The van der Waals surface area contributed by atoms with Gasteiger partial charge in [-0.05, 0) is 55.1 Å². The number of nitriles is 1. The summed E-state index contributed by atoms with van der Waals surface area (Å²) in [4.78, 5) is 0. The first kappa shape index (κ1) is 12.2. The predicted molar refractivity (Wildman–Crippen MR) is 65.0 cm³/mol. The molecular formula is C12H18N2S. The third kappa shape index (κ3) is 5.56. The van der Waals surface area contributed by atoms with Gasteiger partial charge in [0.15, 0.2) is 0 Å². The molecule has 0 aliphatic carbocycles. The van der Waals surface area contributed by atoms with Gasteiger partial charge in [0.25, 0.3) is 0 Å². The van der Waals surface area contributed by atoms with Crippen LogP contribution >= 0.6 is 11.3 Å². The summed E-state index contributed by atoms with van der Waals surface area (Å²) in [5.74, 6) is 0. The van der Waals surface area contributed by atoms with Crippen LogP contribution in [-0.2, 0) is 6.42 Å². The van der Waals surface area contributed by atoms with Gasteiger partial charge in [0.05, 0.1) is 6.07 Å². The molecule has 0 spiro atoms. The second-order valence-corrected chi connectivity index (χ2v) is 4.59. The highest BCUT2D eigenvalue weighted by atomic mass is 32.1. The van der Waals surface area contributed by atoms with Crippen LogP contribution < -0.4 is 5.32 Å². The molecule has 1 N–H and O–H groups in total. The van der Waals surface area contributed by atoms with E-state index in [-0.39, 0.29) is 0 Å². The number of hydrogen-bond donors (Lipinski definition) is 1. The highest BCUT2D eigenvalue weighted by molar-refractivity contribution is 7.07. The van der Waals surface area contributed by atoms with Crippen molar-refractivity contribution < 1.29 is 0 Å². The van der Waals surface area contributed by atoms with Gasteiger partial charge in [-0.3, -0.25) is 0 Å². The average Bonchev–Trinajstić information content (AvgIpc) is 2.70. The van der Waals surface area contributed by atoms with Gasteiger partial charge in [0.1, 0.15) is 0 Å². The Balaban J connectivity index is 2.04. The second-order valence-electron chi connectivity index (χ2n) is 3.81. The molecule has 1 aromatic rings. The molecule has 0 aliphatic rings. The molecule has 0 aliphatic heterocycles. The molecule has 2 nitrogen and oxygen atoms in total. The summed E-state index contributed by atoms with van der Waals surface area (Å²) in [6.07, 6.45) is 3.89. The van der Waals surface area contributed by atoms with E-state index in [2.05, 4.69) is 35.1 Å². The Hall–Kier alpha value is -0.850. The zero-order valence-electron chi connectivity index (χ0n) is 9.20. The lowest BCUT2D eigenvalue weighted by Gasteiger charge is -2.12. The van der Waals surface area contributed by atoms with Crippen LogP contribution in [0.4, 0.5) is 0 Å². The molecule has 0 fully saturated rings. The van der Waals surface area contributed by atoms with Crippen molar-refractivity contribution in [2.24, 2.45) is 0 Å². The molecule has 1 aromatic heterocycles. The number of thiophene rings is 1. The van der Waals surface area contributed by atoms with Gasteiger partial charge in [0, 0.05) is 12.5 Å². The van der Waals surface area contributed by atoms with Crippen molar-refractivity contribution in [2.45, 2.75) is 38.6 Å². The molecule has 0 radical (unpaired) electrons. The molecule has 1 heterocycles. The normalized spacial score (nSPS) is 12.3. The van der Waals surface area contributed by atoms with Crippen LogP contribution in [0.5, 0.6) is 0 Å². The van der Waals surface area contributed by atoms with E-state index in [4.69, 9.17) is 5.26 Å². The Morgan fingerprint density at radius 3 is 3.07 bits per heavy atom. The largest absolute Gasteiger partial charge is 0.314 e. The quantitative estimate of drug-likeness (QED) is 0.720. The highest BCUT2D eigenvalue weighted by Crippen LogP contribution is 2.08. The Morgan fingerprint density at radius 1 is 1.53 bits per heavy atom. The molecular weight excluding hydrogens is 204 g/mol. The highest BCUT2D eigenvalue weighted by Gasteiger charge is 2.02. The summed E-state index contributed by atoms with van der Waals surface area (Å²) in [6.45, 7) is 3.23. The van der Waals surface area contributed by atoms with E-state index >= 15 is 0 Å². The molecule has 3 heteroatoms. The summed E-state index contributed by atoms with van der Waals surface area (Å²) in [5, 5.41) is 16.2. The maximum absolute atomic E-state index is 8.38. The van der Waals surface area contributed by atoms with Gasteiger partial charge < -0.3 is 5.32 Å². The Labute approximate surface area is 95.9 Å². The van der Waals surface area contributed by atoms with Crippen molar-refractivity contribution in [1.29, 1.82) is 5.26 Å². The molecule has 82 valence electrons. The van der Waals surface area contributed by atoms with Crippen LogP contribution in [-0.4, -0.2) is 12.6 Å². The molecule has 0 saturated carbocycles. The monoisotopic (exact) mass is 222 g/mol. The number of hydrogen-bond acceptors (Lipinski definition) is 3. The van der Waals surface area contributed by atoms with Crippen LogP contribution in [0.2, 0.25) is 0 Å².